The number of hydrogen-bond donors (Lipinski definition) is 1. The molecule has 4 nitrogen and oxygen atoms in total. The Balaban J connectivity index is 1.73. The van der Waals surface area contributed by atoms with E-state index < -0.39 is 11.5 Å². The van der Waals surface area contributed by atoms with E-state index in [1.54, 1.807) is 17.0 Å². The standard InChI is InChI=1S/C27H26BrNO3/c1-16-5-7-20(18(3)11-16)15-29-24-10-8-21(28)13-23(24)27(32,26(29)31)14-25(30)22-9-6-17(2)12-19(22)4/h5-13,32H,14-15H2,1-4H3. The molecule has 0 saturated carbocycles. The van der Waals surface area contributed by atoms with Crippen molar-refractivity contribution >= 4 is 33.3 Å². The lowest BCUT2D eigenvalue weighted by Crippen LogP contribution is -2.41. The Bertz CT molecular complexity index is 1250. The monoisotopic (exact) mass is 491 g/mol. The second-order valence-electron chi connectivity index (χ2n) is 8.76. The highest BCUT2D eigenvalue weighted by molar-refractivity contribution is 9.10. The van der Waals surface area contributed by atoms with Gasteiger partial charge in [-0.3, -0.25) is 9.59 Å². The number of nitrogens with zero attached hydrogens (tertiary/aromatic N) is 1. The van der Waals surface area contributed by atoms with Crippen LogP contribution >= 0.6 is 15.9 Å². The van der Waals surface area contributed by atoms with Crippen LogP contribution < -0.4 is 4.90 Å². The molecule has 1 aliphatic rings. The Morgan fingerprint density at radius 3 is 2.25 bits per heavy atom. The van der Waals surface area contributed by atoms with Crippen LogP contribution in [0.5, 0.6) is 0 Å². The summed E-state index contributed by atoms with van der Waals surface area (Å²) in [5.74, 6) is -0.721. The van der Waals surface area contributed by atoms with Gasteiger partial charge >= 0.3 is 0 Å². The van der Waals surface area contributed by atoms with E-state index in [9.17, 15) is 14.7 Å². The van der Waals surface area contributed by atoms with Crippen LogP contribution in [0.3, 0.4) is 0 Å². The van der Waals surface area contributed by atoms with Crippen molar-refractivity contribution < 1.29 is 14.7 Å². The average molecular weight is 492 g/mol. The predicted molar refractivity (Wildman–Crippen MR) is 130 cm³/mol. The van der Waals surface area contributed by atoms with Crippen LogP contribution in [-0.4, -0.2) is 16.8 Å². The Hall–Kier alpha value is -2.76. The molecule has 5 heteroatoms. The summed E-state index contributed by atoms with van der Waals surface area (Å²) >= 11 is 3.45. The van der Waals surface area contributed by atoms with Crippen LogP contribution in [0.4, 0.5) is 5.69 Å². The molecule has 0 spiro atoms. The lowest BCUT2D eigenvalue weighted by Gasteiger charge is -2.23. The predicted octanol–water partition coefficient (Wildman–Crippen LogP) is 5.69. The minimum absolute atomic E-state index is 0.252. The van der Waals surface area contributed by atoms with E-state index in [1.807, 2.05) is 64.1 Å². The molecule has 0 radical (unpaired) electrons. The third-order valence-electron chi connectivity index (χ3n) is 6.22. The molecule has 4 rings (SSSR count). The lowest BCUT2D eigenvalue weighted by molar-refractivity contribution is -0.136. The van der Waals surface area contributed by atoms with E-state index in [1.165, 1.54) is 0 Å². The van der Waals surface area contributed by atoms with Crippen molar-refractivity contribution in [3.8, 4) is 0 Å². The smallest absolute Gasteiger partial charge is 0.264 e. The third kappa shape index (κ3) is 3.91. The van der Waals surface area contributed by atoms with Crippen LogP contribution in [0.1, 0.15) is 50.2 Å². The van der Waals surface area contributed by atoms with Gasteiger partial charge < -0.3 is 10.0 Å². The van der Waals surface area contributed by atoms with Crippen LogP contribution in [-0.2, 0) is 16.9 Å². The summed E-state index contributed by atoms with van der Waals surface area (Å²) in [6, 6.07) is 17.1. The highest BCUT2D eigenvalue weighted by Crippen LogP contribution is 2.45. The number of halogens is 1. The van der Waals surface area contributed by atoms with Crippen molar-refractivity contribution in [3.63, 3.8) is 0 Å². The quantitative estimate of drug-likeness (QED) is 0.466. The number of fused-ring (bicyclic) bond motifs is 1. The van der Waals surface area contributed by atoms with Gasteiger partial charge in [0.2, 0.25) is 0 Å². The van der Waals surface area contributed by atoms with E-state index in [0.717, 1.165) is 32.3 Å². The molecule has 0 saturated heterocycles. The number of hydrogen-bond acceptors (Lipinski definition) is 3. The van der Waals surface area contributed by atoms with Gasteiger partial charge in [0.05, 0.1) is 18.7 Å². The summed E-state index contributed by atoms with van der Waals surface area (Å²) in [7, 11) is 0. The van der Waals surface area contributed by atoms with Crippen LogP contribution in [0.15, 0.2) is 59.1 Å². The molecule has 1 amide bonds. The number of carbonyl (C=O) groups excluding carboxylic acids is 2. The number of amides is 1. The van der Waals surface area contributed by atoms with Crippen LogP contribution in [0.2, 0.25) is 0 Å². The third-order valence-corrected chi connectivity index (χ3v) is 6.71. The number of Topliss-reactive ketones (excluding diaryl/α,β-unsaturated/α-hetero) is 1. The Kier molecular flexibility index (Phi) is 5.82. The summed E-state index contributed by atoms with van der Waals surface area (Å²) < 4.78 is 0.745. The van der Waals surface area contributed by atoms with Crippen LogP contribution in [0.25, 0.3) is 0 Å². The number of benzene rings is 3. The molecule has 1 N–H and O–H groups in total. The first-order valence-corrected chi connectivity index (χ1v) is 11.4. The van der Waals surface area contributed by atoms with Gasteiger partial charge in [-0.2, -0.15) is 0 Å². The van der Waals surface area contributed by atoms with Crippen molar-refractivity contribution in [2.75, 3.05) is 4.90 Å². The minimum Gasteiger partial charge on any atom is -0.375 e. The topological polar surface area (TPSA) is 57.6 Å². The molecule has 32 heavy (non-hydrogen) atoms. The number of rotatable bonds is 5. The number of ketones is 1. The van der Waals surface area contributed by atoms with Gasteiger partial charge in [-0.05, 0) is 62.6 Å². The second kappa shape index (κ2) is 8.30. The molecule has 0 bridgehead atoms. The minimum atomic E-state index is -1.91. The van der Waals surface area contributed by atoms with Crippen LogP contribution in [0, 0.1) is 27.7 Å². The lowest BCUT2D eigenvalue weighted by atomic mass is 9.87. The summed E-state index contributed by atoms with van der Waals surface area (Å²) in [5, 5.41) is 11.6. The highest BCUT2D eigenvalue weighted by Gasteiger charge is 2.51. The number of carbonyl (C=O) groups is 2. The van der Waals surface area contributed by atoms with E-state index in [0.29, 0.717) is 23.4 Å². The first-order chi connectivity index (χ1) is 15.1. The Labute approximate surface area is 197 Å². The van der Waals surface area contributed by atoms with Gasteiger partial charge in [0.15, 0.2) is 11.4 Å². The maximum Gasteiger partial charge on any atom is 0.264 e. The fourth-order valence-electron chi connectivity index (χ4n) is 4.50. The highest BCUT2D eigenvalue weighted by atomic mass is 79.9. The van der Waals surface area contributed by atoms with E-state index >= 15 is 0 Å². The Morgan fingerprint density at radius 1 is 0.938 bits per heavy atom. The largest absolute Gasteiger partial charge is 0.375 e. The molecule has 0 aromatic heterocycles. The molecule has 1 heterocycles. The molecular weight excluding hydrogens is 466 g/mol. The van der Waals surface area contributed by atoms with Gasteiger partial charge in [0, 0.05) is 15.6 Å². The van der Waals surface area contributed by atoms with E-state index in [-0.39, 0.29) is 12.2 Å². The van der Waals surface area contributed by atoms with E-state index in [2.05, 4.69) is 22.0 Å². The summed E-state index contributed by atoms with van der Waals surface area (Å²) in [6.07, 6.45) is -0.303. The maximum absolute atomic E-state index is 13.6. The number of aliphatic hydroxyl groups is 1. The van der Waals surface area contributed by atoms with Crippen molar-refractivity contribution in [2.24, 2.45) is 0 Å². The zero-order valence-corrected chi connectivity index (χ0v) is 20.3. The fourth-order valence-corrected chi connectivity index (χ4v) is 4.86. The van der Waals surface area contributed by atoms with Gasteiger partial charge in [0.25, 0.3) is 5.91 Å². The molecule has 1 unspecified atom stereocenters. The Morgan fingerprint density at radius 2 is 1.59 bits per heavy atom. The van der Waals surface area contributed by atoms with Gasteiger partial charge in [0.1, 0.15) is 0 Å². The molecule has 3 aromatic carbocycles. The summed E-state index contributed by atoms with van der Waals surface area (Å²) in [5.41, 5.74) is 4.84. The molecule has 1 atom stereocenters. The molecule has 0 aliphatic carbocycles. The molecule has 3 aromatic rings. The summed E-state index contributed by atoms with van der Waals surface area (Å²) in [6.45, 7) is 8.22. The first-order valence-electron chi connectivity index (χ1n) is 10.6. The van der Waals surface area contributed by atoms with Crippen molar-refractivity contribution in [3.05, 3.63) is 98.0 Å². The zero-order valence-electron chi connectivity index (χ0n) is 18.7. The maximum atomic E-state index is 13.6. The molecule has 164 valence electrons. The van der Waals surface area contributed by atoms with Gasteiger partial charge in [-0.25, -0.2) is 0 Å². The number of anilines is 1. The zero-order chi connectivity index (χ0) is 23.2. The van der Waals surface area contributed by atoms with Crippen molar-refractivity contribution in [1.82, 2.24) is 0 Å². The normalized spacial score (nSPS) is 17.6. The number of aryl methyl sites for hydroxylation is 4. The molecular formula is C27H26BrNO3. The fraction of sp³-hybridized carbons (Fsp3) is 0.259. The van der Waals surface area contributed by atoms with E-state index in [4.69, 9.17) is 0 Å². The van der Waals surface area contributed by atoms with Crippen molar-refractivity contribution in [2.45, 2.75) is 46.3 Å². The molecule has 1 aliphatic heterocycles. The second-order valence-corrected chi connectivity index (χ2v) is 9.68. The first kappa shape index (κ1) is 22.4. The average Bonchev–Trinajstić information content (AvgIpc) is 2.91. The SMILES string of the molecule is Cc1ccc(CN2C(=O)C(O)(CC(=O)c3ccc(C)cc3C)c3cc(Br)ccc32)c(C)c1. The molecule has 0 fully saturated rings. The summed E-state index contributed by atoms with van der Waals surface area (Å²) in [4.78, 5) is 28.4. The van der Waals surface area contributed by atoms with Gasteiger partial charge in [-0.15, -0.1) is 0 Å². The van der Waals surface area contributed by atoms with Crippen molar-refractivity contribution in [1.29, 1.82) is 0 Å². The van der Waals surface area contributed by atoms with Gasteiger partial charge in [-0.1, -0.05) is 63.5 Å².